The molecule has 3 aromatic rings. The number of anilines is 1. The molecule has 172 valence electrons. The molecule has 8 nitrogen and oxygen atoms in total. The van der Waals surface area contributed by atoms with Crippen molar-refractivity contribution in [3.63, 3.8) is 0 Å². The lowest BCUT2D eigenvalue weighted by Crippen LogP contribution is -2.29. The Morgan fingerprint density at radius 3 is 2.56 bits per heavy atom. The molecule has 3 heterocycles. The van der Waals surface area contributed by atoms with Crippen molar-refractivity contribution in [2.24, 2.45) is 0 Å². The lowest BCUT2D eigenvalue weighted by atomic mass is 9.95. The third-order valence-electron chi connectivity index (χ3n) is 5.57. The Bertz CT molecular complexity index is 1360. The monoisotopic (exact) mass is 498 g/mol. The number of aliphatic hydroxyl groups is 1. The number of ether oxygens (including phenoxy) is 3. The van der Waals surface area contributed by atoms with Crippen molar-refractivity contribution >= 4 is 46.3 Å². The number of methoxy groups -OCH3 is 1. The lowest BCUT2D eigenvalue weighted by molar-refractivity contribution is -0.132. The summed E-state index contributed by atoms with van der Waals surface area (Å²) in [7, 11) is 1.37. The summed E-state index contributed by atoms with van der Waals surface area (Å²) in [6, 6.07) is 10.1. The number of fused-ring (bicyclic) bond motifs is 1. The highest BCUT2D eigenvalue weighted by molar-refractivity contribution is 6.52. The molecule has 1 aromatic heterocycles. The number of rotatable bonds is 4. The summed E-state index contributed by atoms with van der Waals surface area (Å²) < 4.78 is 16.1. The minimum atomic E-state index is -0.967. The maximum absolute atomic E-state index is 13.3. The second-order valence-corrected chi connectivity index (χ2v) is 8.30. The molecule has 1 fully saturated rings. The summed E-state index contributed by atoms with van der Waals surface area (Å²) in [6.07, 6.45) is 3.07. The SMILES string of the molecule is COc1c(Cl)cc(Cl)cc1/C(O)=C1\C(=O)C(=O)N(c2ccc3c(c2)OCO3)C1c1ccncc1. The summed E-state index contributed by atoms with van der Waals surface area (Å²) in [6.45, 7) is 0.0563. The fourth-order valence-electron chi connectivity index (χ4n) is 4.08. The van der Waals surface area contributed by atoms with E-state index in [1.807, 2.05) is 0 Å². The summed E-state index contributed by atoms with van der Waals surface area (Å²) in [5.74, 6) is -1.09. The molecule has 1 N–H and O–H groups in total. The van der Waals surface area contributed by atoms with Gasteiger partial charge >= 0.3 is 0 Å². The molecule has 0 spiro atoms. The Balaban J connectivity index is 1.74. The van der Waals surface area contributed by atoms with Gasteiger partial charge in [0.2, 0.25) is 6.79 Å². The average Bonchev–Trinajstić information content (AvgIpc) is 3.40. The van der Waals surface area contributed by atoms with Gasteiger partial charge in [0.15, 0.2) is 11.5 Å². The standard InChI is InChI=1S/C24H16Cl2N2O6/c1-32-23-15(8-13(25)9-16(23)26)21(29)19-20(12-4-6-27-7-5-12)28(24(31)22(19)30)14-2-3-17-18(10-14)34-11-33-17/h2-10,20,29H,11H2,1H3/b21-19+. The minimum Gasteiger partial charge on any atom is -0.507 e. The maximum atomic E-state index is 13.3. The molecule has 34 heavy (non-hydrogen) atoms. The number of benzene rings is 2. The number of carbonyl (C=O) groups is 2. The van der Waals surface area contributed by atoms with E-state index in [9.17, 15) is 14.7 Å². The molecule has 2 aliphatic rings. The number of nitrogens with zero attached hydrogens (tertiary/aromatic N) is 2. The third-order valence-corrected chi connectivity index (χ3v) is 6.07. The van der Waals surface area contributed by atoms with Gasteiger partial charge in [-0.05, 0) is 42.0 Å². The summed E-state index contributed by atoms with van der Waals surface area (Å²) >= 11 is 12.4. The van der Waals surface area contributed by atoms with E-state index in [4.69, 9.17) is 37.4 Å². The first-order valence-corrected chi connectivity index (χ1v) is 10.8. The number of carbonyl (C=O) groups excluding carboxylic acids is 2. The van der Waals surface area contributed by atoms with Gasteiger partial charge in [0.25, 0.3) is 11.7 Å². The number of hydrogen-bond donors (Lipinski definition) is 1. The summed E-state index contributed by atoms with van der Waals surface area (Å²) in [5.41, 5.74) is 0.886. The summed E-state index contributed by atoms with van der Waals surface area (Å²) in [5, 5.41) is 11.7. The predicted molar refractivity (Wildman–Crippen MR) is 125 cm³/mol. The number of halogens is 2. The average molecular weight is 499 g/mol. The smallest absolute Gasteiger partial charge is 0.300 e. The zero-order valence-corrected chi connectivity index (χ0v) is 19.1. The van der Waals surface area contributed by atoms with Crippen LogP contribution in [0.15, 0.2) is 60.4 Å². The number of aromatic nitrogens is 1. The van der Waals surface area contributed by atoms with Crippen molar-refractivity contribution < 1.29 is 28.9 Å². The molecule has 2 aromatic carbocycles. The first-order chi connectivity index (χ1) is 16.4. The maximum Gasteiger partial charge on any atom is 0.300 e. The van der Waals surface area contributed by atoms with Crippen LogP contribution in [-0.2, 0) is 9.59 Å². The van der Waals surface area contributed by atoms with Gasteiger partial charge in [-0.1, -0.05) is 23.2 Å². The van der Waals surface area contributed by atoms with E-state index >= 15 is 0 Å². The van der Waals surface area contributed by atoms with Gasteiger partial charge in [0.1, 0.15) is 11.5 Å². The second kappa shape index (κ2) is 8.55. The topological polar surface area (TPSA) is 98.2 Å². The fourth-order valence-corrected chi connectivity index (χ4v) is 4.65. The van der Waals surface area contributed by atoms with Crippen molar-refractivity contribution in [2.75, 3.05) is 18.8 Å². The summed E-state index contributed by atoms with van der Waals surface area (Å²) in [4.78, 5) is 31.9. The Hall–Kier alpha value is -3.75. The fraction of sp³-hybridized carbons (Fsp3) is 0.125. The number of ketones is 1. The van der Waals surface area contributed by atoms with Crippen LogP contribution < -0.4 is 19.1 Å². The molecule has 1 unspecified atom stereocenters. The quantitative estimate of drug-likeness (QED) is 0.314. The molecule has 1 amide bonds. The Morgan fingerprint density at radius 2 is 1.82 bits per heavy atom. The van der Waals surface area contributed by atoms with E-state index in [-0.39, 0.29) is 33.7 Å². The van der Waals surface area contributed by atoms with Crippen molar-refractivity contribution in [2.45, 2.75) is 6.04 Å². The van der Waals surface area contributed by atoms with Gasteiger partial charge in [0, 0.05) is 29.2 Å². The Morgan fingerprint density at radius 1 is 1.09 bits per heavy atom. The van der Waals surface area contributed by atoms with Crippen LogP contribution in [-0.4, -0.2) is 35.7 Å². The van der Waals surface area contributed by atoms with Crippen molar-refractivity contribution in [3.05, 3.63) is 81.6 Å². The van der Waals surface area contributed by atoms with Gasteiger partial charge in [-0.3, -0.25) is 19.5 Å². The van der Waals surface area contributed by atoms with E-state index in [2.05, 4.69) is 4.98 Å². The normalized spacial score (nSPS) is 18.4. The number of pyridine rings is 1. The molecule has 0 radical (unpaired) electrons. The highest BCUT2D eigenvalue weighted by Crippen LogP contribution is 2.46. The van der Waals surface area contributed by atoms with E-state index in [0.717, 1.165) is 0 Å². The van der Waals surface area contributed by atoms with E-state index < -0.39 is 23.5 Å². The zero-order chi connectivity index (χ0) is 24.0. The van der Waals surface area contributed by atoms with E-state index in [0.29, 0.717) is 22.7 Å². The highest BCUT2D eigenvalue weighted by atomic mass is 35.5. The molecule has 2 aliphatic heterocycles. The zero-order valence-electron chi connectivity index (χ0n) is 17.6. The lowest BCUT2D eigenvalue weighted by Gasteiger charge is -2.25. The van der Waals surface area contributed by atoms with Crippen LogP contribution in [0.4, 0.5) is 5.69 Å². The number of amides is 1. The first-order valence-electron chi connectivity index (χ1n) is 10.0. The van der Waals surface area contributed by atoms with E-state index in [1.165, 1.54) is 36.5 Å². The van der Waals surface area contributed by atoms with Gasteiger partial charge in [-0.2, -0.15) is 0 Å². The Labute approximate surface area is 203 Å². The molecular formula is C24H16Cl2N2O6. The van der Waals surface area contributed by atoms with Crippen molar-refractivity contribution in [1.82, 2.24) is 4.98 Å². The van der Waals surface area contributed by atoms with E-state index in [1.54, 1.807) is 30.3 Å². The second-order valence-electron chi connectivity index (χ2n) is 7.46. The van der Waals surface area contributed by atoms with Crippen LogP contribution in [0.25, 0.3) is 5.76 Å². The molecule has 10 heteroatoms. The van der Waals surface area contributed by atoms with Crippen molar-refractivity contribution in [3.8, 4) is 17.2 Å². The predicted octanol–water partition coefficient (Wildman–Crippen LogP) is 4.75. The van der Waals surface area contributed by atoms with Crippen molar-refractivity contribution in [1.29, 1.82) is 0 Å². The van der Waals surface area contributed by atoms with Crippen LogP contribution in [0.2, 0.25) is 10.0 Å². The van der Waals surface area contributed by atoms with Gasteiger partial charge < -0.3 is 19.3 Å². The largest absolute Gasteiger partial charge is 0.507 e. The molecule has 1 atom stereocenters. The number of Topliss-reactive ketones (excluding diaryl/α,β-unsaturated/α-hetero) is 1. The number of hydrogen-bond acceptors (Lipinski definition) is 7. The minimum absolute atomic E-state index is 0.0563. The number of aliphatic hydroxyl groups excluding tert-OH is 1. The molecule has 1 saturated heterocycles. The van der Waals surface area contributed by atoms with Crippen LogP contribution in [0.3, 0.4) is 0 Å². The first kappa shape index (κ1) is 22.1. The third kappa shape index (κ3) is 3.52. The van der Waals surface area contributed by atoms with Crippen LogP contribution in [0.1, 0.15) is 17.2 Å². The molecule has 5 rings (SSSR count). The molecule has 0 bridgehead atoms. The van der Waals surface area contributed by atoms with Crippen LogP contribution >= 0.6 is 23.2 Å². The van der Waals surface area contributed by atoms with Crippen LogP contribution in [0, 0.1) is 0 Å². The highest BCUT2D eigenvalue weighted by Gasteiger charge is 2.47. The Kier molecular flexibility index (Phi) is 5.55. The van der Waals surface area contributed by atoms with Gasteiger partial charge in [-0.25, -0.2) is 0 Å². The molecule has 0 aliphatic carbocycles. The van der Waals surface area contributed by atoms with Crippen LogP contribution in [0.5, 0.6) is 17.2 Å². The molecular weight excluding hydrogens is 483 g/mol. The van der Waals surface area contributed by atoms with Gasteiger partial charge in [0.05, 0.1) is 29.3 Å². The van der Waals surface area contributed by atoms with Gasteiger partial charge in [-0.15, -0.1) is 0 Å². The molecule has 0 saturated carbocycles.